The van der Waals surface area contributed by atoms with Gasteiger partial charge in [0.2, 0.25) is 0 Å². The lowest BCUT2D eigenvalue weighted by atomic mass is 10.1. The molecule has 0 aliphatic rings. The number of ether oxygens (including phenoxy) is 1. The molecule has 4 aromatic rings. The number of fused-ring (bicyclic) bond motifs is 1. The van der Waals surface area contributed by atoms with Gasteiger partial charge in [0.25, 0.3) is 11.2 Å². The maximum atomic E-state index is 13.4. The van der Waals surface area contributed by atoms with E-state index >= 15 is 0 Å². The van der Waals surface area contributed by atoms with E-state index in [2.05, 4.69) is 21.0 Å². The number of aromatic nitrogens is 3. The monoisotopic (exact) mass is 551 g/mol. The zero-order valence-corrected chi connectivity index (χ0v) is 22.2. The van der Waals surface area contributed by atoms with E-state index in [9.17, 15) is 14.9 Å². The molecule has 10 heteroatoms. The molecule has 1 atom stereocenters. The Morgan fingerprint density at radius 1 is 1.22 bits per heavy atom. The Kier molecular flexibility index (Phi) is 7.07. The van der Waals surface area contributed by atoms with Crippen LogP contribution in [0, 0.1) is 24.0 Å². The van der Waals surface area contributed by atoms with Crippen LogP contribution in [0.5, 0.6) is 5.75 Å². The Labute approximate surface area is 216 Å². The summed E-state index contributed by atoms with van der Waals surface area (Å²) in [5.41, 5.74) is 2.98. The molecule has 0 fully saturated rings. The van der Waals surface area contributed by atoms with Gasteiger partial charge in [-0.15, -0.1) is 0 Å². The van der Waals surface area contributed by atoms with Crippen LogP contribution in [-0.4, -0.2) is 32.5 Å². The van der Waals surface area contributed by atoms with Gasteiger partial charge in [0.1, 0.15) is 17.3 Å². The highest BCUT2D eigenvalue weighted by Crippen LogP contribution is 2.31. The number of nitrogens with zero attached hydrogens (tertiary/aromatic N) is 5. The van der Waals surface area contributed by atoms with Crippen LogP contribution in [0.1, 0.15) is 49.0 Å². The minimum atomic E-state index is -0.429. The summed E-state index contributed by atoms with van der Waals surface area (Å²) in [4.78, 5) is 29.5. The Bertz CT molecular complexity index is 1570. The van der Waals surface area contributed by atoms with Crippen molar-refractivity contribution in [3.05, 3.63) is 90.2 Å². The normalized spacial score (nSPS) is 12.4. The lowest BCUT2D eigenvalue weighted by Gasteiger charge is -2.14. The first-order valence-electron chi connectivity index (χ1n) is 11.4. The minimum absolute atomic E-state index is 0.0114. The topological polar surface area (TPSA) is 105 Å². The van der Waals surface area contributed by atoms with Crippen molar-refractivity contribution in [2.45, 2.75) is 40.0 Å². The van der Waals surface area contributed by atoms with Crippen LogP contribution in [0.2, 0.25) is 0 Å². The number of hydrogen-bond acceptors (Lipinski definition) is 6. The predicted molar refractivity (Wildman–Crippen MR) is 144 cm³/mol. The van der Waals surface area contributed by atoms with E-state index in [0.29, 0.717) is 28.2 Å². The van der Waals surface area contributed by atoms with Crippen molar-refractivity contribution in [3.8, 4) is 11.4 Å². The van der Waals surface area contributed by atoms with E-state index in [1.54, 1.807) is 29.0 Å². The van der Waals surface area contributed by atoms with E-state index in [4.69, 9.17) is 9.72 Å². The molecule has 0 unspecified atom stereocenters. The van der Waals surface area contributed by atoms with Crippen LogP contribution >= 0.6 is 15.9 Å². The molecule has 4 rings (SSSR count). The molecule has 0 bridgehead atoms. The third-order valence-electron chi connectivity index (χ3n) is 6.29. The van der Waals surface area contributed by atoms with Gasteiger partial charge in [-0.05, 0) is 56.7 Å². The zero-order chi connectivity index (χ0) is 26.1. The number of aryl methyl sites for hydroxylation is 1. The summed E-state index contributed by atoms with van der Waals surface area (Å²) >= 11 is 3.42. The standard InChI is InChI=1S/C26H26BrN5O4/c1-6-15(2)25-29-22-9-7-19(27)12-21(22)26(33)31(25)28-14-18-11-16(3)30(17(18)4)23-10-8-20(36-5)13-24(23)32(34)35/h7-15H,6H2,1-5H3/t15-/m0/s1. The lowest BCUT2D eigenvalue weighted by Crippen LogP contribution is -2.23. The third kappa shape index (κ3) is 4.56. The number of hydrogen-bond donors (Lipinski definition) is 0. The van der Waals surface area contributed by atoms with E-state index in [0.717, 1.165) is 27.8 Å². The molecule has 9 nitrogen and oxygen atoms in total. The molecule has 0 aliphatic carbocycles. The number of rotatable bonds is 7. The van der Waals surface area contributed by atoms with Crippen molar-refractivity contribution >= 4 is 38.7 Å². The molecule has 2 aromatic heterocycles. The molecule has 0 radical (unpaired) electrons. The molecule has 186 valence electrons. The number of halogens is 1. The van der Waals surface area contributed by atoms with E-state index in [-0.39, 0.29) is 17.2 Å². The van der Waals surface area contributed by atoms with Crippen molar-refractivity contribution in [1.29, 1.82) is 0 Å². The first-order valence-corrected chi connectivity index (χ1v) is 12.2. The Hall–Kier alpha value is -3.79. The van der Waals surface area contributed by atoms with Gasteiger partial charge in [-0.3, -0.25) is 14.9 Å². The number of methoxy groups -OCH3 is 1. The van der Waals surface area contributed by atoms with Gasteiger partial charge in [-0.1, -0.05) is 29.8 Å². The summed E-state index contributed by atoms with van der Waals surface area (Å²) < 4.78 is 9.10. The highest BCUT2D eigenvalue weighted by atomic mass is 79.9. The van der Waals surface area contributed by atoms with Crippen molar-refractivity contribution in [2.24, 2.45) is 5.10 Å². The van der Waals surface area contributed by atoms with Gasteiger partial charge in [0, 0.05) is 27.3 Å². The van der Waals surface area contributed by atoms with E-state index < -0.39 is 4.92 Å². The van der Waals surface area contributed by atoms with Gasteiger partial charge >= 0.3 is 0 Å². The maximum absolute atomic E-state index is 13.4. The molecular weight excluding hydrogens is 526 g/mol. The third-order valence-corrected chi connectivity index (χ3v) is 6.78. The minimum Gasteiger partial charge on any atom is -0.496 e. The van der Waals surface area contributed by atoms with Crippen LogP contribution in [0.15, 0.2) is 56.8 Å². The molecular formula is C26H26BrN5O4. The quantitative estimate of drug-likeness (QED) is 0.162. The van der Waals surface area contributed by atoms with Crippen LogP contribution in [0.3, 0.4) is 0 Å². The average molecular weight is 552 g/mol. The summed E-state index contributed by atoms with van der Waals surface area (Å²) in [7, 11) is 1.47. The maximum Gasteiger partial charge on any atom is 0.296 e. The molecule has 36 heavy (non-hydrogen) atoms. The van der Waals surface area contributed by atoms with E-state index in [1.807, 2.05) is 45.9 Å². The van der Waals surface area contributed by atoms with Crippen molar-refractivity contribution in [2.75, 3.05) is 7.11 Å². The molecule has 0 spiro atoms. The largest absolute Gasteiger partial charge is 0.496 e. The average Bonchev–Trinajstić information content (AvgIpc) is 3.15. The summed E-state index contributed by atoms with van der Waals surface area (Å²) in [5, 5.41) is 16.8. The molecule has 0 saturated carbocycles. The number of benzene rings is 2. The Morgan fingerprint density at radius 3 is 2.64 bits per heavy atom. The molecule has 0 saturated heterocycles. The Balaban J connectivity index is 1.86. The fourth-order valence-corrected chi connectivity index (χ4v) is 4.51. The molecule has 0 aliphatic heterocycles. The first kappa shape index (κ1) is 25.3. The first-order chi connectivity index (χ1) is 17.2. The van der Waals surface area contributed by atoms with Gasteiger partial charge in [0.15, 0.2) is 0 Å². The summed E-state index contributed by atoms with van der Waals surface area (Å²) in [6.45, 7) is 7.76. The Morgan fingerprint density at radius 2 is 1.97 bits per heavy atom. The van der Waals surface area contributed by atoms with Gasteiger partial charge in [-0.2, -0.15) is 9.78 Å². The van der Waals surface area contributed by atoms with Crippen molar-refractivity contribution in [1.82, 2.24) is 14.2 Å². The fraction of sp³-hybridized carbons (Fsp3) is 0.269. The molecule has 2 heterocycles. The van der Waals surface area contributed by atoms with Crippen molar-refractivity contribution < 1.29 is 9.66 Å². The molecule has 0 N–H and O–H groups in total. The number of nitro benzene ring substituents is 1. The number of nitro groups is 1. The second-order valence-electron chi connectivity index (χ2n) is 8.58. The second-order valence-corrected chi connectivity index (χ2v) is 9.49. The van der Waals surface area contributed by atoms with Crippen LogP contribution < -0.4 is 10.3 Å². The van der Waals surface area contributed by atoms with Gasteiger partial charge in [-0.25, -0.2) is 4.98 Å². The lowest BCUT2D eigenvalue weighted by molar-refractivity contribution is -0.384. The SMILES string of the molecule is CC[C@H](C)c1nc2ccc(Br)cc2c(=O)n1N=Cc1cc(C)n(-c2ccc(OC)cc2[N+](=O)[O-])c1C. The van der Waals surface area contributed by atoms with Crippen LogP contribution in [0.4, 0.5) is 5.69 Å². The molecule has 2 aromatic carbocycles. The summed E-state index contributed by atoms with van der Waals surface area (Å²) in [6.07, 6.45) is 2.40. The smallest absolute Gasteiger partial charge is 0.296 e. The molecule has 0 amide bonds. The summed E-state index contributed by atoms with van der Waals surface area (Å²) in [6, 6.07) is 12.0. The van der Waals surface area contributed by atoms with Gasteiger partial charge in [0.05, 0.1) is 35.2 Å². The van der Waals surface area contributed by atoms with E-state index in [1.165, 1.54) is 17.9 Å². The second kappa shape index (κ2) is 10.1. The zero-order valence-electron chi connectivity index (χ0n) is 20.7. The fourth-order valence-electron chi connectivity index (χ4n) is 4.15. The van der Waals surface area contributed by atoms with Crippen LogP contribution in [0.25, 0.3) is 16.6 Å². The summed E-state index contributed by atoms with van der Waals surface area (Å²) in [5.74, 6) is 0.993. The van der Waals surface area contributed by atoms with Gasteiger partial charge < -0.3 is 9.30 Å². The predicted octanol–water partition coefficient (Wildman–Crippen LogP) is 5.88. The highest BCUT2D eigenvalue weighted by Gasteiger charge is 2.21. The van der Waals surface area contributed by atoms with Crippen molar-refractivity contribution in [3.63, 3.8) is 0 Å². The van der Waals surface area contributed by atoms with Crippen LogP contribution in [-0.2, 0) is 0 Å². The highest BCUT2D eigenvalue weighted by molar-refractivity contribution is 9.10.